The van der Waals surface area contributed by atoms with Crippen molar-refractivity contribution in [2.45, 2.75) is 91.1 Å². The molecule has 15 nitrogen and oxygen atoms in total. The molecule has 5 aliphatic rings. The Hall–Kier alpha value is -5.85. The van der Waals surface area contributed by atoms with E-state index in [1.165, 1.54) is 29.8 Å². The van der Waals surface area contributed by atoms with Gasteiger partial charge in [0, 0.05) is 81.0 Å². The van der Waals surface area contributed by atoms with Gasteiger partial charge in [0.2, 0.25) is 23.8 Å². The van der Waals surface area contributed by atoms with Crippen molar-refractivity contribution in [1.29, 1.82) is 0 Å². The molecule has 0 radical (unpaired) electrons. The zero-order chi connectivity index (χ0) is 51.9. The monoisotopic (exact) mass is 1070 g/mol. The lowest BCUT2D eigenvalue weighted by Crippen LogP contribution is -2.52. The number of piperidine rings is 2. The van der Waals surface area contributed by atoms with Gasteiger partial charge in [-0.3, -0.25) is 9.69 Å². The number of carbonyl (C=O) groups excluding carboxylic acids is 2. The Morgan fingerprint density at radius 3 is 2.39 bits per heavy atom. The summed E-state index contributed by atoms with van der Waals surface area (Å²) in [6.45, 7) is 15.5. The highest BCUT2D eigenvalue weighted by Crippen LogP contribution is 2.53. The van der Waals surface area contributed by atoms with E-state index in [2.05, 4.69) is 32.0 Å². The lowest BCUT2D eigenvalue weighted by molar-refractivity contribution is -0.163. The Kier molecular flexibility index (Phi) is 14.9. The van der Waals surface area contributed by atoms with Crippen LogP contribution in [0.5, 0.6) is 23.1 Å². The van der Waals surface area contributed by atoms with Crippen LogP contribution in [0, 0.1) is 25.1 Å². The highest BCUT2D eigenvalue weighted by Gasteiger charge is 2.43. The Bertz CT molecular complexity index is 3040. The van der Waals surface area contributed by atoms with Crippen molar-refractivity contribution in [2.24, 2.45) is 5.41 Å². The molecule has 2 atom stereocenters. The summed E-state index contributed by atoms with van der Waals surface area (Å²) in [6.07, 6.45) is 4.65. The first kappa shape index (κ1) is 51.6. The first-order valence-electron chi connectivity index (χ1n) is 25.3. The number of piperazine rings is 1. The lowest BCUT2D eigenvalue weighted by Gasteiger charge is -2.42. The fourth-order valence-electron chi connectivity index (χ4n) is 10.4. The van der Waals surface area contributed by atoms with E-state index in [0.717, 1.165) is 63.3 Å². The molecule has 0 aliphatic carbocycles. The van der Waals surface area contributed by atoms with Crippen LogP contribution in [0.15, 0.2) is 61.1 Å². The Morgan fingerprint density at radius 1 is 0.932 bits per heavy atom. The highest BCUT2D eigenvalue weighted by atomic mass is 35.5. The summed E-state index contributed by atoms with van der Waals surface area (Å²) >= 11 is 16.2. The van der Waals surface area contributed by atoms with E-state index in [9.17, 15) is 14.0 Å². The maximum atomic E-state index is 14.6. The smallest absolute Gasteiger partial charge is 0.348 e. The van der Waals surface area contributed by atoms with Crippen LogP contribution in [-0.4, -0.2) is 125 Å². The van der Waals surface area contributed by atoms with Gasteiger partial charge >= 0.3 is 5.97 Å². The van der Waals surface area contributed by atoms with Crippen LogP contribution in [0.1, 0.15) is 68.8 Å². The lowest BCUT2D eigenvalue weighted by atomic mass is 9.72. The third-order valence-electron chi connectivity index (χ3n) is 14.4. The number of amides is 1. The van der Waals surface area contributed by atoms with Crippen LogP contribution >= 0.6 is 34.5 Å². The molecule has 0 saturated carbocycles. The van der Waals surface area contributed by atoms with Crippen molar-refractivity contribution in [3.63, 3.8) is 0 Å². The average molecular weight is 1070 g/mol. The highest BCUT2D eigenvalue weighted by molar-refractivity contribution is 7.22. The Labute approximate surface area is 444 Å². The number of ether oxygens (including phenoxy) is 5. The second kappa shape index (κ2) is 21.4. The van der Waals surface area contributed by atoms with Gasteiger partial charge in [-0.05, 0) is 126 Å². The van der Waals surface area contributed by atoms with E-state index in [1.807, 2.05) is 38.1 Å². The van der Waals surface area contributed by atoms with Crippen LogP contribution in [0.2, 0.25) is 10.0 Å². The molecule has 74 heavy (non-hydrogen) atoms. The van der Waals surface area contributed by atoms with E-state index in [-0.39, 0.29) is 42.7 Å². The molecule has 390 valence electrons. The molecule has 3 saturated heterocycles. The van der Waals surface area contributed by atoms with E-state index >= 15 is 0 Å². The van der Waals surface area contributed by atoms with E-state index in [1.54, 1.807) is 39.1 Å². The number of carbonyl (C=O) groups is 2. The fourth-order valence-corrected chi connectivity index (χ4v) is 12.0. The number of benzene rings is 3. The predicted molar refractivity (Wildman–Crippen MR) is 284 cm³/mol. The van der Waals surface area contributed by atoms with Gasteiger partial charge < -0.3 is 38.8 Å². The topological polar surface area (TPSA) is 154 Å². The molecule has 0 unspecified atom stereocenters. The molecular weight excluding hydrogens is 1010 g/mol. The number of fused-ring (bicyclic) bond motifs is 7. The van der Waals surface area contributed by atoms with Crippen LogP contribution in [0.4, 0.5) is 10.3 Å². The number of hydrogen-bond acceptors (Lipinski definition) is 15. The zero-order valence-electron chi connectivity index (χ0n) is 42.6. The van der Waals surface area contributed by atoms with Gasteiger partial charge in [0.1, 0.15) is 53.4 Å². The normalized spacial score (nSPS) is 19.6. The minimum atomic E-state index is -1.27. The largest absolute Gasteiger partial charge is 0.490 e. The summed E-state index contributed by atoms with van der Waals surface area (Å²) in [4.78, 5) is 54.6. The molecule has 1 N–H and O–H groups in total. The number of nitrogens with zero attached hydrogens (tertiary/aromatic N) is 7. The summed E-state index contributed by atoms with van der Waals surface area (Å²) in [5.41, 5.74) is 3.44. The minimum absolute atomic E-state index is 0.0272. The summed E-state index contributed by atoms with van der Waals surface area (Å²) in [7, 11) is 2.11. The maximum Gasteiger partial charge on any atom is 0.348 e. The number of aromatic nitrogens is 4. The molecule has 19 heteroatoms. The van der Waals surface area contributed by atoms with Crippen LogP contribution in [0.25, 0.3) is 31.8 Å². The van der Waals surface area contributed by atoms with Crippen molar-refractivity contribution in [3.8, 4) is 44.7 Å². The van der Waals surface area contributed by atoms with E-state index in [4.69, 9.17) is 61.8 Å². The number of halogens is 3. The molecule has 1 spiro atoms. The van der Waals surface area contributed by atoms with Gasteiger partial charge in [-0.25, -0.2) is 29.1 Å². The second-order valence-corrected chi connectivity index (χ2v) is 22.5. The molecule has 8 heterocycles. The quantitative estimate of drug-likeness (QED) is 0.144. The number of nitrogens with one attached hydrogen (secondary N) is 1. The van der Waals surface area contributed by atoms with Gasteiger partial charge in [0.05, 0.1) is 26.5 Å². The molecule has 5 aliphatic heterocycles. The molecule has 4 bridgehead atoms. The average Bonchev–Trinajstić information content (AvgIpc) is 3.77. The van der Waals surface area contributed by atoms with Crippen LogP contribution in [-0.2, 0) is 27.4 Å². The number of esters is 1. The van der Waals surface area contributed by atoms with Crippen molar-refractivity contribution < 1.29 is 37.7 Å². The van der Waals surface area contributed by atoms with Crippen molar-refractivity contribution in [2.75, 3.05) is 70.9 Å². The van der Waals surface area contributed by atoms with Crippen LogP contribution in [0.3, 0.4) is 0 Å². The Balaban J connectivity index is 1.06. The van der Waals surface area contributed by atoms with E-state index in [0.29, 0.717) is 102 Å². The Morgan fingerprint density at radius 2 is 1.68 bits per heavy atom. The van der Waals surface area contributed by atoms with Gasteiger partial charge in [-0.15, -0.1) is 11.3 Å². The van der Waals surface area contributed by atoms with Crippen molar-refractivity contribution >= 4 is 62.6 Å². The van der Waals surface area contributed by atoms with E-state index < -0.39 is 23.8 Å². The zero-order valence-corrected chi connectivity index (χ0v) is 44.9. The molecule has 3 fully saturated rings. The molecule has 11 rings (SSSR count). The summed E-state index contributed by atoms with van der Waals surface area (Å²) in [6, 6.07) is 13.5. The third kappa shape index (κ3) is 10.9. The maximum absolute atomic E-state index is 14.6. The van der Waals surface area contributed by atoms with Gasteiger partial charge in [0.25, 0.3) is 0 Å². The third-order valence-corrected chi connectivity index (χ3v) is 16.5. The van der Waals surface area contributed by atoms with Gasteiger partial charge in [0.15, 0.2) is 5.75 Å². The van der Waals surface area contributed by atoms with Gasteiger partial charge in [-0.1, -0.05) is 35.3 Å². The van der Waals surface area contributed by atoms with Crippen molar-refractivity contribution in [3.05, 3.63) is 99.3 Å². The number of anilines is 1. The first-order chi connectivity index (χ1) is 35.5. The fraction of sp³-hybridized carbons (Fsp3) is 0.455. The second-order valence-electron chi connectivity index (χ2n) is 20.8. The number of hydrogen-bond donors (Lipinski definition) is 1. The standard InChI is InChI=1S/C55H61Cl2FN8O7S/c1-32-42-33(2)46(57)47(45(32)56)71-39(28-65-24-22-64(6)23-25-65)30-69-38-12-13-40(70-29-37-14-19-60-53(63-37)66-20-16-55(17-21-66)15-7-18-59-52(55)68)35(26-38)27-41(51(67)73-54(3,4)5)72-49-44-43(42)48(74-50(44)62-31-61-49)34-8-10-36(58)11-9-34/h8-14,19,26,31,39,41H,7,15-18,20-25,27-30H2,1-6H3,(H,59,68)/t39-,41-/m1/s1. The molecule has 6 aromatic rings. The SMILES string of the molecule is Cc1c(Cl)c2c(Cl)c(C)c1-c1c(-c3ccc(F)cc3)sc3ncnc(c13)O[C@@H](C(=O)OC(C)(C)C)Cc1cc(ccc1OCc1ccnc(N3CCC4(CCCNC4=O)CC3)n1)OC[C@@H](CN1CCN(C)CC1)O2. The van der Waals surface area contributed by atoms with Crippen molar-refractivity contribution in [1.82, 2.24) is 35.1 Å². The summed E-state index contributed by atoms with van der Waals surface area (Å²) in [5.74, 6) is 1.12. The number of thiophene rings is 1. The summed E-state index contributed by atoms with van der Waals surface area (Å²) in [5, 5.41) is 4.21. The molecule has 1 amide bonds. The molecular formula is C55H61Cl2FN8O7S. The minimum Gasteiger partial charge on any atom is -0.490 e. The predicted octanol–water partition coefficient (Wildman–Crippen LogP) is 9.67. The molecule has 3 aromatic carbocycles. The number of likely N-dealkylation sites (N-methyl/N-ethyl adjacent to an activating group) is 1. The van der Waals surface area contributed by atoms with Gasteiger partial charge in [-0.2, -0.15) is 0 Å². The van der Waals surface area contributed by atoms with Crippen LogP contribution < -0.4 is 29.2 Å². The number of rotatable bonds is 8. The summed E-state index contributed by atoms with van der Waals surface area (Å²) < 4.78 is 47.7. The molecule has 3 aromatic heterocycles. The first-order valence-corrected chi connectivity index (χ1v) is 26.8.